The predicted octanol–water partition coefficient (Wildman–Crippen LogP) is -14.5. The number of carboxylic acids is 2. The number of imidazole rings is 2. The van der Waals surface area contributed by atoms with Gasteiger partial charge in [0, 0.05) is 28.2 Å². The minimum Gasteiger partial charge on any atom is -0.548 e. The van der Waals surface area contributed by atoms with E-state index >= 15 is 0 Å². The number of fused-ring (bicyclic) bond motifs is 2. The van der Waals surface area contributed by atoms with E-state index in [1.165, 1.54) is 50.0 Å². The number of aliphatic carboxylic acids is 2. The van der Waals surface area contributed by atoms with Gasteiger partial charge in [0.15, 0.2) is 22.3 Å². The van der Waals surface area contributed by atoms with Crippen molar-refractivity contribution in [1.82, 2.24) is 37.4 Å². The summed E-state index contributed by atoms with van der Waals surface area (Å²) in [5, 5.41) is 21.0. The van der Waals surface area contributed by atoms with Crippen molar-refractivity contribution in [2.24, 2.45) is 28.2 Å². The summed E-state index contributed by atoms with van der Waals surface area (Å²) in [5.41, 5.74) is -1.75. The van der Waals surface area contributed by atoms with Crippen LogP contribution in [-0.2, 0) is 100 Å². The first kappa shape index (κ1) is 63.6. The molecule has 0 saturated carbocycles. The van der Waals surface area contributed by atoms with Gasteiger partial charge >= 0.3 is 27.9 Å². The first-order valence-electron chi connectivity index (χ1n) is 9.48. The van der Waals surface area contributed by atoms with E-state index in [2.05, 4.69) is 9.97 Å². The Bertz CT molecular complexity index is 1590. The van der Waals surface area contributed by atoms with Crippen molar-refractivity contribution >= 4 is 34.3 Å². The maximum atomic E-state index is 11.8. The van der Waals surface area contributed by atoms with Crippen molar-refractivity contribution < 1.29 is 91.1 Å². The Morgan fingerprint density at radius 2 is 0.822 bits per heavy atom. The van der Waals surface area contributed by atoms with Gasteiger partial charge in [0.2, 0.25) is 0 Å². The van der Waals surface area contributed by atoms with Crippen LogP contribution in [0.2, 0.25) is 0 Å². The van der Waals surface area contributed by atoms with Gasteiger partial charge in [-0.3, -0.25) is 27.9 Å². The average molecular weight is 719 g/mol. The van der Waals surface area contributed by atoms with Crippen LogP contribution in [0.3, 0.4) is 0 Å². The quantitative estimate of drug-likeness (QED) is 0.141. The molecule has 26 N–H and O–H groups in total. The second kappa shape index (κ2) is 23.7. The Kier molecular flexibility index (Phi) is 33.5. The van der Waals surface area contributed by atoms with Crippen molar-refractivity contribution in [2.45, 2.75) is 13.1 Å². The normalized spacial score (nSPS) is 8.27. The van der Waals surface area contributed by atoms with Gasteiger partial charge in [-0.1, -0.05) is 0 Å². The molecular formula is C18H44N8NiO18+6. The van der Waals surface area contributed by atoms with Gasteiger partial charge in [-0.15, -0.1) is 0 Å². The van der Waals surface area contributed by atoms with Crippen molar-refractivity contribution in [3.8, 4) is 0 Å². The van der Waals surface area contributed by atoms with Gasteiger partial charge in [0.1, 0.15) is 0 Å². The third kappa shape index (κ3) is 11.4. The van der Waals surface area contributed by atoms with Crippen molar-refractivity contribution in [3.63, 3.8) is 0 Å². The molecule has 0 aromatic carbocycles. The second-order valence-corrected chi connectivity index (χ2v) is 7.24. The van der Waals surface area contributed by atoms with E-state index in [-0.39, 0.29) is 93.6 Å². The second-order valence-electron chi connectivity index (χ2n) is 7.24. The van der Waals surface area contributed by atoms with Crippen LogP contribution in [0.4, 0.5) is 0 Å². The molecule has 45 heavy (non-hydrogen) atoms. The summed E-state index contributed by atoms with van der Waals surface area (Å²) in [6.07, 6.45) is 2.39. The third-order valence-electron chi connectivity index (χ3n) is 5.03. The number of carboxylic acid groups (broad SMARTS) is 2. The largest absolute Gasteiger partial charge is 2.00 e. The van der Waals surface area contributed by atoms with E-state index in [0.717, 1.165) is 18.3 Å². The number of hydrogen-bond donors (Lipinski definition) is 0. The number of rotatable bonds is 4. The first-order chi connectivity index (χ1) is 15.9. The van der Waals surface area contributed by atoms with Crippen LogP contribution in [0.1, 0.15) is 0 Å². The number of hydrogen-bond acceptors (Lipinski definition) is 10. The number of aromatic nitrogens is 8. The zero-order valence-corrected chi connectivity index (χ0v) is 25.2. The van der Waals surface area contributed by atoms with Crippen LogP contribution in [0.15, 0.2) is 31.8 Å². The molecule has 0 fully saturated rings. The van der Waals surface area contributed by atoms with Gasteiger partial charge in [0.25, 0.3) is 11.1 Å². The average Bonchev–Trinajstić information content (AvgIpc) is 3.37. The van der Waals surface area contributed by atoms with Crippen LogP contribution in [0, 0.1) is 0 Å². The fraction of sp³-hybridized carbons (Fsp3) is 0.333. The topological polar surface area (TPSA) is 528 Å². The molecule has 4 heterocycles. The molecule has 26 nitrogen and oxygen atoms in total. The first-order valence-corrected chi connectivity index (χ1v) is 9.48. The van der Waals surface area contributed by atoms with Gasteiger partial charge in [-0.05, 0) is 0 Å². The Morgan fingerprint density at radius 1 is 0.578 bits per heavy atom. The van der Waals surface area contributed by atoms with Crippen molar-refractivity contribution in [1.29, 1.82) is 0 Å². The Labute approximate surface area is 258 Å². The molecule has 4 aromatic rings. The van der Waals surface area contributed by atoms with Gasteiger partial charge in [-0.2, -0.15) is 0 Å². The molecule has 0 saturated heterocycles. The number of nitrogens with zero attached hydrogens (tertiary/aromatic N) is 8. The van der Waals surface area contributed by atoms with E-state index in [1.54, 1.807) is 0 Å². The van der Waals surface area contributed by atoms with Crippen LogP contribution in [-0.4, -0.2) is 71.2 Å². The molecule has 0 aliphatic rings. The third-order valence-corrected chi connectivity index (χ3v) is 5.03. The fourth-order valence-electron chi connectivity index (χ4n) is 3.31. The summed E-state index contributed by atoms with van der Waals surface area (Å²) in [7, 11) is 5.56. The van der Waals surface area contributed by atoms with E-state index in [4.69, 9.17) is 0 Å². The summed E-state index contributed by atoms with van der Waals surface area (Å²) < 4.78 is 6.45. The summed E-state index contributed by atoms with van der Waals surface area (Å²) >= 11 is 0. The molecule has 4 rings (SSSR count). The van der Waals surface area contributed by atoms with E-state index in [0.29, 0.717) is 0 Å². The SMILES string of the molecule is Cn1c(=O)c2c(ncn2CC(=O)[O-])n(C)c1=O.Cn1c(=O)c2c(ncn2CC(=O)[O-])n(C)c1=O.O.O.O.O.[Ni+2].[OH3+].[OH3+].[OH3+].[OH3+].[OH3+].[OH3+]. The zero-order chi connectivity index (χ0) is 25.5. The van der Waals surface area contributed by atoms with Gasteiger partial charge in [0.05, 0.1) is 37.7 Å². The van der Waals surface area contributed by atoms with Crippen LogP contribution in [0.25, 0.3) is 22.3 Å². The van der Waals surface area contributed by atoms with E-state index < -0.39 is 47.5 Å². The monoisotopic (exact) mass is 718 g/mol. The van der Waals surface area contributed by atoms with Gasteiger partial charge in [-0.25, -0.2) is 19.6 Å². The molecule has 0 amide bonds. The molecule has 268 valence electrons. The standard InChI is InChI=1S/2C9H10N4O4.Ni.10H2O/c2*1-11-7-6(8(16)12(2)9(11)17)13(4-10-7)3-5(14)15;;;;;;;;;;;/h2*4H,3H2,1-2H3,(H,14,15);;10*1H2/q;;+2;;;;;;;;;;/p+4. The zero-order valence-electron chi connectivity index (χ0n) is 24.2. The molecule has 0 bridgehead atoms. The maximum Gasteiger partial charge on any atom is 2.00 e. The number of aryl methyl sites for hydroxylation is 2. The summed E-state index contributed by atoms with van der Waals surface area (Å²) in [5.74, 6) is -2.67. The molecule has 0 spiro atoms. The molecule has 0 unspecified atom stereocenters. The molecule has 0 aliphatic heterocycles. The minimum absolute atomic E-state index is 0. The molecule has 0 aliphatic carbocycles. The molecular weight excluding hydrogens is 675 g/mol. The van der Waals surface area contributed by atoms with Crippen LogP contribution < -0.4 is 32.7 Å². The Balaban J connectivity index is -0.0000000661. The van der Waals surface area contributed by atoms with Crippen molar-refractivity contribution in [3.05, 3.63) is 54.3 Å². The summed E-state index contributed by atoms with van der Waals surface area (Å²) in [6.45, 7) is -0.964. The maximum absolute atomic E-state index is 11.8. The Hall–Kier alpha value is -4.67. The van der Waals surface area contributed by atoms with E-state index in [1.807, 2.05) is 0 Å². The molecule has 0 radical (unpaired) electrons. The minimum atomic E-state index is -1.33. The molecule has 0 atom stereocenters. The van der Waals surface area contributed by atoms with Crippen LogP contribution >= 0.6 is 0 Å². The van der Waals surface area contributed by atoms with Gasteiger partial charge < -0.3 is 83.7 Å². The number of carbonyl (C=O) groups excluding carboxylic acids is 2. The van der Waals surface area contributed by atoms with E-state index in [9.17, 15) is 39.0 Å². The van der Waals surface area contributed by atoms with Crippen molar-refractivity contribution in [2.75, 3.05) is 0 Å². The predicted molar refractivity (Wildman–Crippen MR) is 154 cm³/mol. The molecule has 27 heteroatoms. The summed E-state index contributed by atoms with van der Waals surface area (Å²) in [6, 6.07) is 0. The summed E-state index contributed by atoms with van der Waals surface area (Å²) in [4.78, 5) is 75.6. The Morgan fingerprint density at radius 3 is 1.04 bits per heavy atom. The smallest absolute Gasteiger partial charge is 0.548 e. The van der Waals surface area contributed by atoms with Crippen LogP contribution in [0.5, 0.6) is 0 Å². The molecule has 4 aromatic heterocycles. The number of carbonyl (C=O) groups is 2. The fourth-order valence-corrected chi connectivity index (χ4v) is 3.31.